The van der Waals surface area contributed by atoms with E-state index in [4.69, 9.17) is 0 Å². The Hall–Kier alpha value is -0.620. The Labute approximate surface area is 77.4 Å². The Bertz CT molecular complexity index is 279. The molecule has 5 nitrogen and oxygen atoms in total. The molecule has 13 heavy (non-hydrogen) atoms. The van der Waals surface area contributed by atoms with Crippen molar-refractivity contribution >= 4 is 15.8 Å². The van der Waals surface area contributed by atoms with Crippen LogP contribution in [0, 0.1) is 0 Å². The van der Waals surface area contributed by atoms with E-state index in [1.807, 2.05) is 0 Å². The van der Waals surface area contributed by atoms with Crippen molar-refractivity contribution in [2.75, 3.05) is 26.0 Å². The van der Waals surface area contributed by atoms with Gasteiger partial charge in [-0.3, -0.25) is 4.79 Å². The molecule has 0 spiro atoms. The lowest BCUT2D eigenvalue weighted by atomic mass is 10.4. The van der Waals surface area contributed by atoms with Gasteiger partial charge in [0.1, 0.15) is 5.75 Å². The number of hydrogen-bond donors (Lipinski definition) is 1. The highest BCUT2D eigenvalue weighted by molar-refractivity contribution is 7.92. The number of nitrogens with one attached hydrogen (secondary N) is 1. The van der Waals surface area contributed by atoms with Gasteiger partial charge in [-0.2, -0.15) is 0 Å². The lowest BCUT2D eigenvalue weighted by Gasteiger charge is -2.08. The van der Waals surface area contributed by atoms with E-state index in [0.717, 1.165) is 0 Å². The summed E-state index contributed by atoms with van der Waals surface area (Å²) in [5.74, 6) is -1.19. The van der Waals surface area contributed by atoms with Crippen LogP contribution in [0.1, 0.15) is 6.42 Å². The fraction of sp³-hybridized carbons (Fsp3) is 0.857. The molecule has 0 radical (unpaired) electrons. The van der Waals surface area contributed by atoms with Crippen molar-refractivity contribution in [3.63, 3.8) is 0 Å². The molecule has 1 fully saturated rings. The van der Waals surface area contributed by atoms with Crippen LogP contribution in [0.25, 0.3) is 0 Å². The molecule has 0 aromatic rings. The van der Waals surface area contributed by atoms with Crippen LogP contribution in [0.3, 0.4) is 0 Å². The fourth-order valence-corrected chi connectivity index (χ4v) is 2.81. The van der Waals surface area contributed by atoms with Crippen LogP contribution in [-0.4, -0.2) is 45.6 Å². The quantitative estimate of drug-likeness (QED) is 0.597. The summed E-state index contributed by atoms with van der Waals surface area (Å²) in [6, 6.07) is 0. The highest BCUT2D eigenvalue weighted by Gasteiger charge is 2.30. The normalized spacial score (nSPS) is 23.0. The Kier molecular flexibility index (Phi) is 3.27. The van der Waals surface area contributed by atoms with E-state index in [2.05, 4.69) is 10.1 Å². The highest BCUT2D eigenvalue weighted by atomic mass is 32.2. The van der Waals surface area contributed by atoms with Crippen LogP contribution >= 0.6 is 0 Å². The van der Waals surface area contributed by atoms with Crippen LogP contribution in [0.2, 0.25) is 0 Å². The summed E-state index contributed by atoms with van der Waals surface area (Å²) in [5.41, 5.74) is 0. The van der Waals surface area contributed by atoms with Crippen LogP contribution in [0.4, 0.5) is 0 Å². The molecule has 0 aromatic heterocycles. The standard InChI is InChI=1S/C7H13NO4S/c1-12-7(9)5-13(10,11)6-2-3-8-4-6/h6,8H,2-5H2,1H3/t6-/m1/s1. The van der Waals surface area contributed by atoms with Crippen LogP contribution < -0.4 is 5.32 Å². The van der Waals surface area contributed by atoms with Gasteiger partial charge in [-0.1, -0.05) is 0 Å². The van der Waals surface area contributed by atoms with Crippen LogP contribution in [-0.2, 0) is 19.4 Å². The fourth-order valence-electron chi connectivity index (χ4n) is 1.28. The molecule has 0 amide bonds. The Morgan fingerprint density at radius 1 is 1.62 bits per heavy atom. The van der Waals surface area contributed by atoms with Gasteiger partial charge in [0.25, 0.3) is 0 Å². The summed E-state index contributed by atoms with van der Waals surface area (Å²) in [4.78, 5) is 10.8. The van der Waals surface area contributed by atoms with Gasteiger partial charge >= 0.3 is 5.97 Å². The number of hydrogen-bond acceptors (Lipinski definition) is 5. The Morgan fingerprint density at radius 2 is 2.31 bits per heavy atom. The molecule has 6 heteroatoms. The topological polar surface area (TPSA) is 72.5 Å². The van der Waals surface area contributed by atoms with Crippen molar-refractivity contribution < 1.29 is 17.9 Å². The SMILES string of the molecule is COC(=O)CS(=O)(=O)[C@@H]1CCNC1. The second-order valence-electron chi connectivity index (χ2n) is 3.00. The number of carbonyl (C=O) groups excluding carboxylic acids is 1. The summed E-state index contributed by atoms with van der Waals surface area (Å²) in [7, 11) is -2.12. The molecule has 0 bridgehead atoms. The number of methoxy groups -OCH3 is 1. The molecule has 1 heterocycles. The van der Waals surface area contributed by atoms with E-state index < -0.39 is 26.8 Å². The van der Waals surface area contributed by atoms with Crippen molar-refractivity contribution in [2.45, 2.75) is 11.7 Å². The lowest BCUT2D eigenvalue weighted by Crippen LogP contribution is -2.30. The second-order valence-corrected chi connectivity index (χ2v) is 5.28. The smallest absolute Gasteiger partial charge is 0.320 e. The zero-order valence-corrected chi connectivity index (χ0v) is 8.26. The van der Waals surface area contributed by atoms with Crippen molar-refractivity contribution in [2.24, 2.45) is 0 Å². The van der Waals surface area contributed by atoms with Gasteiger partial charge in [-0.15, -0.1) is 0 Å². The first-order valence-corrected chi connectivity index (χ1v) is 5.77. The molecule has 1 N–H and O–H groups in total. The Morgan fingerprint density at radius 3 is 2.77 bits per heavy atom. The summed E-state index contributed by atoms with van der Waals surface area (Å²) in [5, 5.41) is 2.51. The summed E-state index contributed by atoms with van der Waals surface area (Å²) in [6.45, 7) is 1.14. The predicted molar refractivity (Wildman–Crippen MR) is 47.1 cm³/mol. The van der Waals surface area contributed by atoms with Crippen molar-refractivity contribution in [3.8, 4) is 0 Å². The molecule has 1 aliphatic rings. The summed E-state index contributed by atoms with van der Waals surface area (Å²) < 4.78 is 27.2. The molecule has 0 saturated carbocycles. The highest BCUT2D eigenvalue weighted by Crippen LogP contribution is 2.10. The zero-order chi connectivity index (χ0) is 9.90. The van der Waals surface area contributed by atoms with Gasteiger partial charge in [0, 0.05) is 6.54 Å². The van der Waals surface area contributed by atoms with E-state index in [9.17, 15) is 13.2 Å². The third kappa shape index (κ3) is 2.67. The van der Waals surface area contributed by atoms with E-state index >= 15 is 0 Å². The first-order chi connectivity index (χ1) is 6.06. The number of carbonyl (C=O) groups is 1. The van der Waals surface area contributed by atoms with E-state index in [1.54, 1.807) is 0 Å². The van der Waals surface area contributed by atoms with Gasteiger partial charge in [-0.05, 0) is 13.0 Å². The van der Waals surface area contributed by atoms with Crippen molar-refractivity contribution in [1.82, 2.24) is 5.32 Å². The maximum atomic E-state index is 11.5. The van der Waals surface area contributed by atoms with E-state index in [1.165, 1.54) is 7.11 Å². The number of ether oxygens (including phenoxy) is 1. The first-order valence-electron chi connectivity index (χ1n) is 4.05. The molecule has 0 aromatic carbocycles. The van der Waals surface area contributed by atoms with Crippen molar-refractivity contribution in [3.05, 3.63) is 0 Å². The minimum Gasteiger partial charge on any atom is -0.468 e. The third-order valence-corrected chi connectivity index (χ3v) is 4.13. The van der Waals surface area contributed by atoms with Crippen LogP contribution in [0.5, 0.6) is 0 Å². The maximum absolute atomic E-state index is 11.5. The molecule has 0 aliphatic carbocycles. The number of sulfone groups is 1. The molecule has 1 aliphatic heterocycles. The van der Waals surface area contributed by atoms with Gasteiger partial charge in [-0.25, -0.2) is 8.42 Å². The van der Waals surface area contributed by atoms with Gasteiger partial charge in [0.05, 0.1) is 12.4 Å². The van der Waals surface area contributed by atoms with E-state index in [0.29, 0.717) is 19.5 Å². The molecule has 1 saturated heterocycles. The third-order valence-electron chi connectivity index (χ3n) is 2.07. The molecular weight excluding hydrogens is 194 g/mol. The lowest BCUT2D eigenvalue weighted by molar-refractivity contribution is -0.137. The number of esters is 1. The largest absolute Gasteiger partial charge is 0.468 e. The average molecular weight is 207 g/mol. The average Bonchev–Trinajstić information content (AvgIpc) is 2.55. The summed E-state index contributed by atoms with van der Waals surface area (Å²) >= 11 is 0. The molecule has 76 valence electrons. The maximum Gasteiger partial charge on any atom is 0.320 e. The van der Waals surface area contributed by atoms with Gasteiger partial charge in [0.2, 0.25) is 0 Å². The number of rotatable bonds is 3. The van der Waals surface area contributed by atoms with Crippen LogP contribution in [0.15, 0.2) is 0 Å². The Balaban J connectivity index is 2.60. The summed E-state index contributed by atoms with van der Waals surface area (Å²) in [6.07, 6.45) is 0.583. The van der Waals surface area contributed by atoms with Gasteiger partial charge in [0.15, 0.2) is 9.84 Å². The van der Waals surface area contributed by atoms with Crippen molar-refractivity contribution in [1.29, 1.82) is 0 Å². The zero-order valence-electron chi connectivity index (χ0n) is 7.45. The first kappa shape index (κ1) is 10.5. The van der Waals surface area contributed by atoms with E-state index in [-0.39, 0.29) is 0 Å². The second kappa shape index (κ2) is 4.06. The molecule has 0 unspecified atom stereocenters. The minimum absolute atomic E-state index is 0.424. The molecular formula is C7H13NO4S. The predicted octanol–water partition coefficient (Wildman–Crippen LogP) is -1.06. The minimum atomic E-state index is -3.31. The molecule has 1 rings (SSSR count). The molecule has 1 atom stereocenters. The van der Waals surface area contributed by atoms with Gasteiger partial charge < -0.3 is 10.1 Å². The monoisotopic (exact) mass is 207 g/mol.